The van der Waals surface area contributed by atoms with Crippen LogP contribution in [0.25, 0.3) is 0 Å². The molecule has 0 aromatic heterocycles. The summed E-state index contributed by atoms with van der Waals surface area (Å²) in [5, 5.41) is 10.9. The van der Waals surface area contributed by atoms with Crippen molar-refractivity contribution in [3.8, 4) is 5.75 Å². The Bertz CT molecular complexity index is 638. The Hall–Kier alpha value is -1.77. The number of halogens is 2. The topological polar surface area (TPSA) is 72.7 Å². The number of rotatable bonds is 6. The van der Waals surface area contributed by atoms with Crippen molar-refractivity contribution in [2.24, 2.45) is 0 Å². The molecule has 1 aliphatic rings. The lowest BCUT2D eigenvalue weighted by Gasteiger charge is -2.42. The lowest BCUT2D eigenvalue weighted by atomic mass is 10.0. The smallest absolute Gasteiger partial charge is 0.387 e. The predicted molar refractivity (Wildman–Crippen MR) is 88.3 cm³/mol. The molecule has 24 heavy (non-hydrogen) atoms. The maximum atomic E-state index is 12.7. The van der Waals surface area contributed by atoms with Gasteiger partial charge in [0.25, 0.3) is 5.69 Å². The van der Waals surface area contributed by atoms with E-state index in [0.29, 0.717) is 37.4 Å². The van der Waals surface area contributed by atoms with Gasteiger partial charge in [0, 0.05) is 35.7 Å². The molecule has 0 bridgehead atoms. The summed E-state index contributed by atoms with van der Waals surface area (Å²) in [6.45, 7) is 1.69. The Morgan fingerprint density at radius 1 is 1.42 bits per heavy atom. The first-order valence-electron chi connectivity index (χ1n) is 7.69. The summed E-state index contributed by atoms with van der Waals surface area (Å²) >= 11 is 0. The third kappa shape index (κ3) is 3.66. The van der Waals surface area contributed by atoms with Gasteiger partial charge in [0.15, 0.2) is 5.75 Å². The van der Waals surface area contributed by atoms with Crippen molar-refractivity contribution in [2.45, 2.75) is 38.0 Å². The van der Waals surface area contributed by atoms with Crippen molar-refractivity contribution >= 4 is 22.2 Å². The van der Waals surface area contributed by atoms with Gasteiger partial charge in [-0.05, 0) is 18.9 Å². The second kappa shape index (κ2) is 7.42. The van der Waals surface area contributed by atoms with Gasteiger partial charge < -0.3 is 9.64 Å². The minimum absolute atomic E-state index is 0.229. The summed E-state index contributed by atoms with van der Waals surface area (Å²) < 4.78 is 41.9. The van der Waals surface area contributed by atoms with Crippen LogP contribution >= 0.6 is 0 Å². The van der Waals surface area contributed by atoms with E-state index in [1.165, 1.54) is 12.1 Å². The highest BCUT2D eigenvalue weighted by atomic mass is 32.2. The molecule has 1 aromatic rings. The van der Waals surface area contributed by atoms with Crippen molar-refractivity contribution in [1.82, 2.24) is 0 Å². The minimum atomic E-state index is -3.08. The lowest BCUT2D eigenvalue weighted by molar-refractivity contribution is -0.385. The zero-order chi connectivity index (χ0) is 17.9. The summed E-state index contributed by atoms with van der Waals surface area (Å²) in [6, 6.07) is 3.69. The Labute approximate surface area is 141 Å². The molecule has 1 heterocycles. The van der Waals surface area contributed by atoms with E-state index < -0.39 is 27.1 Å². The number of alkyl halides is 2. The van der Waals surface area contributed by atoms with Crippen LogP contribution < -0.4 is 9.64 Å². The van der Waals surface area contributed by atoms with Crippen molar-refractivity contribution in [2.75, 3.05) is 23.7 Å². The van der Waals surface area contributed by atoms with Crippen LogP contribution in [0.1, 0.15) is 26.7 Å². The number of hydrogen-bond donors (Lipinski definition) is 0. The molecule has 0 amide bonds. The van der Waals surface area contributed by atoms with Gasteiger partial charge >= 0.3 is 6.61 Å². The Balaban J connectivity index is 2.39. The number of non-ortho nitro benzene ring substituents is 1. The predicted octanol–water partition coefficient (Wildman–Crippen LogP) is 3.32. The average molecular weight is 362 g/mol. The maximum Gasteiger partial charge on any atom is 0.387 e. The summed E-state index contributed by atoms with van der Waals surface area (Å²) in [7, 11) is -0.999. The molecular weight excluding hydrogens is 342 g/mol. The van der Waals surface area contributed by atoms with Gasteiger partial charge in [0.1, 0.15) is 0 Å². The Morgan fingerprint density at radius 2 is 2.08 bits per heavy atom. The second-order valence-electron chi connectivity index (χ2n) is 5.65. The van der Waals surface area contributed by atoms with E-state index in [0.717, 1.165) is 6.07 Å². The van der Waals surface area contributed by atoms with Crippen LogP contribution in [-0.4, -0.2) is 39.3 Å². The van der Waals surface area contributed by atoms with Crippen LogP contribution in [-0.2, 0) is 10.8 Å². The second-order valence-corrected chi connectivity index (χ2v) is 7.61. The van der Waals surface area contributed by atoms with Crippen molar-refractivity contribution in [3.63, 3.8) is 0 Å². The SMILES string of the molecule is CCC1(CC)CN(c2ccc([N+](=O)[O-])cc2OC(F)F)CCS1=O. The molecule has 0 saturated carbocycles. The molecule has 1 atom stereocenters. The fourth-order valence-electron chi connectivity index (χ4n) is 2.98. The molecular formula is C15H20F2N2O4S. The van der Waals surface area contributed by atoms with Crippen LogP contribution in [0.2, 0.25) is 0 Å². The first-order valence-corrected chi connectivity index (χ1v) is 9.01. The molecule has 134 valence electrons. The average Bonchev–Trinajstić information content (AvgIpc) is 2.55. The molecule has 1 aliphatic heterocycles. The highest BCUT2D eigenvalue weighted by molar-refractivity contribution is 7.86. The lowest BCUT2D eigenvalue weighted by Crippen LogP contribution is -2.53. The van der Waals surface area contributed by atoms with E-state index in [9.17, 15) is 23.1 Å². The number of hydrogen-bond acceptors (Lipinski definition) is 5. The number of ether oxygens (including phenoxy) is 1. The van der Waals surface area contributed by atoms with Gasteiger partial charge in [0.2, 0.25) is 0 Å². The van der Waals surface area contributed by atoms with Gasteiger partial charge in [-0.2, -0.15) is 8.78 Å². The van der Waals surface area contributed by atoms with Crippen LogP contribution in [0.4, 0.5) is 20.2 Å². The third-order valence-electron chi connectivity index (χ3n) is 4.51. The summed E-state index contributed by atoms with van der Waals surface area (Å²) in [4.78, 5) is 12.0. The monoisotopic (exact) mass is 362 g/mol. The van der Waals surface area contributed by atoms with Crippen LogP contribution in [0.15, 0.2) is 18.2 Å². The number of nitro benzene ring substituents is 1. The van der Waals surface area contributed by atoms with Crippen molar-refractivity contribution in [3.05, 3.63) is 28.3 Å². The highest BCUT2D eigenvalue weighted by Crippen LogP contribution is 2.38. The number of nitro groups is 1. The first-order chi connectivity index (χ1) is 11.3. The highest BCUT2D eigenvalue weighted by Gasteiger charge is 2.39. The summed E-state index contributed by atoms with van der Waals surface area (Å²) in [5.74, 6) is 0.195. The molecule has 0 N–H and O–H groups in total. The van der Waals surface area contributed by atoms with E-state index in [4.69, 9.17) is 0 Å². The van der Waals surface area contributed by atoms with E-state index in [-0.39, 0.29) is 11.4 Å². The molecule has 0 aliphatic carbocycles. The molecule has 2 rings (SSSR count). The Morgan fingerprint density at radius 3 is 2.62 bits per heavy atom. The van der Waals surface area contributed by atoms with Gasteiger partial charge in [0.05, 0.1) is 21.4 Å². The minimum Gasteiger partial charge on any atom is -0.432 e. The molecule has 0 radical (unpaired) electrons. The maximum absolute atomic E-state index is 12.7. The Kier molecular flexibility index (Phi) is 5.74. The van der Waals surface area contributed by atoms with Gasteiger partial charge in [-0.3, -0.25) is 14.3 Å². The zero-order valence-corrected chi connectivity index (χ0v) is 14.4. The van der Waals surface area contributed by atoms with Crippen molar-refractivity contribution < 1.29 is 22.6 Å². The van der Waals surface area contributed by atoms with Crippen LogP contribution in [0, 0.1) is 10.1 Å². The number of nitrogens with zero attached hydrogens (tertiary/aromatic N) is 2. The molecule has 1 fully saturated rings. The van der Waals surface area contributed by atoms with Gasteiger partial charge in [-0.25, -0.2) is 0 Å². The summed E-state index contributed by atoms with van der Waals surface area (Å²) in [5.41, 5.74) is 0.0520. The van der Waals surface area contributed by atoms with Crippen LogP contribution in [0.3, 0.4) is 0 Å². The fraction of sp³-hybridized carbons (Fsp3) is 0.600. The first kappa shape index (κ1) is 18.6. The molecule has 0 spiro atoms. The summed E-state index contributed by atoms with van der Waals surface area (Å²) in [6.07, 6.45) is 1.40. The molecule has 1 aromatic carbocycles. The molecule has 6 nitrogen and oxygen atoms in total. The van der Waals surface area contributed by atoms with Crippen molar-refractivity contribution in [1.29, 1.82) is 0 Å². The molecule has 9 heteroatoms. The van der Waals surface area contributed by atoms with E-state index in [2.05, 4.69) is 4.74 Å². The standard InChI is InChI=1S/C15H20F2N2O4S/c1-3-15(4-2)10-18(7-8-24(15)22)12-6-5-11(19(20)21)9-13(12)23-14(16)17/h5-6,9,14H,3-4,7-8,10H2,1-2H3. The molecule has 1 unspecified atom stereocenters. The largest absolute Gasteiger partial charge is 0.432 e. The number of benzene rings is 1. The third-order valence-corrected chi connectivity index (χ3v) is 6.73. The van der Waals surface area contributed by atoms with Gasteiger partial charge in [-0.15, -0.1) is 0 Å². The van der Waals surface area contributed by atoms with Gasteiger partial charge in [-0.1, -0.05) is 13.8 Å². The van der Waals surface area contributed by atoms with Crippen LogP contribution in [0.5, 0.6) is 5.75 Å². The van der Waals surface area contributed by atoms with E-state index in [1.54, 1.807) is 0 Å². The zero-order valence-electron chi connectivity index (χ0n) is 13.5. The van der Waals surface area contributed by atoms with E-state index >= 15 is 0 Å². The fourth-order valence-corrected chi connectivity index (χ4v) is 4.74. The quantitative estimate of drug-likeness (QED) is 0.573. The molecule has 1 saturated heterocycles. The normalized spacial score (nSPS) is 20.2. The number of anilines is 1. The van der Waals surface area contributed by atoms with E-state index in [1.807, 2.05) is 18.7 Å².